The maximum absolute atomic E-state index is 15.4. The van der Waals surface area contributed by atoms with Crippen LogP contribution in [0.5, 0.6) is 0 Å². The number of carbonyl (C=O) groups excluding carboxylic acids is 3. The topological polar surface area (TPSA) is 92.3 Å². The Morgan fingerprint density at radius 2 is 1.91 bits per heavy atom. The molecule has 1 N–H and O–H groups in total. The molecule has 0 radical (unpaired) electrons. The number of anilines is 2. The van der Waals surface area contributed by atoms with Gasteiger partial charge in [-0.1, -0.05) is 6.07 Å². The first kappa shape index (κ1) is 22.8. The fraction of sp³-hybridized carbons (Fsp3) is 0.269. The third kappa shape index (κ3) is 4.07. The molecule has 0 spiro atoms. The predicted molar refractivity (Wildman–Crippen MR) is 125 cm³/mol. The zero-order valence-corrected chi connectivity index (χ0v) is 19.1. The number of rotatable bonds is 5. The van der Waals surface area contributed by atoms with Crippen LogP contribution in [0.25, 0.3) is 11.1 Å². The van der Waals surface area contributed by atoms with Gasteiger partial charge in [0.25, 0.3) is 0 Å². The average molecular weight is 476 g/mol. The van der Waals surface area contributed by atoms with Gasteiger partial charge in [-0.15, -0.1) is 0 Å². The second kappa shape index (κ2) is 8.33. The van der Waals surface area contributed by atoms with E-state index in [9.17, 15) is 18.8 Å². The monoisotopic (exact) mass is 476 g/mol. The molecule has 1 fully saturated rings. The van der Waals surface area contributed by atoms with Gasteiger partial charge in [-0.3, -0.25) is 19.4 Å². The molecular formula is C26H22F2N4O3. The van der Waals surface area contributed by atoms with Gasteiger partial charge in [0.1, 0.15) is 6.54 Å². The van der Waals surface area contributed by atoms with Crippen molar-refractivity contribution in [1.29, 1.82) is 0 Å². The molecule has 0 bridgehead atoms. The predicted octanol–water partition coefficient (Wildman–Crippen LogP) is 4.53. The molecule has 7 nitrogen and oxygen atoms in total. The summed E-state index contributed by atoms with van der Waals surface area (Å²) in [5.41, 5.74) is -0.0628. The molecule has 1 atom stereocenters. The van der Waals surface area contributed by atoms with E-state index in [1.54, 1.807) is 43.3 Å². The van der Waals surface area contributed by atoms with Gasteiger partial charge in [0.15, 0.2) is 11.5 Å². The summed E-state index contributed by atoms with van der Waals surface area (Å²) in [6.45, 7) is 2.64. The number of carbonyl (C=O) groups is 3. The lowest BCUT2D eigenvalue weighted by molar-refractivity contribution is -0.122. The van der Waals surface area contributed by atoms with Gasteiger partial charge in [-0.05, 0) is 63.1 Å². The Morgan fingerprint density at radius 3 is 2.57 bits per heavy atom. The molecule has 9 heteroatoms. The Balaban J connectivity index is 1.54. The molecule has 3 heterocycles. The number of Topliss-reactive ketones (excluding diaryl/α,β-unsaturated/α-hetero) is 1. The number of pyridine rings is 2. The van der Waals surface area contributed by atoms with Crippen molar-refractivity contribution < 1.29 is 23.2 Å². The van der Waals surface area contributed by atoms with E-state index in [4.69, 9.17) is 0 Å². The van der Waals surface area contributed by atoms with Crippen LogP contribution < -0.4 is 10.2 Å². The van der Waals surface area contributed by atoms with Crippen molar-refractivity contribution in [3.63, 3.8) is 0 Å². The smallest absolute Gasteiger partial charge is 0.244 e. The van der Waals surface area contributed by atoms with Crippen LogP contribution in [0.15, 0.2) is 48.7 Å². The maximum atomic E-state index is 15.4. The SMILES string of the molecule is CC(=O)c1ccc(NC(=O)CN2C(=O)C(C)c3ncccc3-c3c2cc(C2(F)CC2)nc3F)cc1. The van der Waals surface area contributed by atoms with Crippen LogP contribution in [0.3, 0.4) is 0 Å². The molecule has 2 aliphatic rings. The first-order valence-corrected chi connectivity index (χ1v) is 11.3. The third-order valence-corrected chi connectivity index (χ3v) is 6.42. The van der Waals surface area contributed by atoms with E-state index in [1.165, 1.54) is 24.1 Å². The quantitative estimate of drug-likeness (QED) is 0.431. The fourth-order valence-electron chi connectivity index (χ4n) is 4.30. The number of hydrogen-bond donors (Lipinski definition) is 1. The van der Waals surface area contributed by atoms with Crippen LogP contribution in [-0.4, -0.2) is 34.1 Å². The molecular weight excluding hydrogens is 454 g/mol. The zero-order valence-electron chi connectivity index (χ0n) is 19.1. The second-order valence-electron chi connectivity index (χ2n) is 8.92. The van der Waals surface area contributed by atoms with E-state index < -0.39 is 35.9 Å². The van der Waals surface area contributed by atoms with Crippen LogP contribution in [0.4, 0.5) is 20.2 Å². The standard InChI is InChI=1S/C26H22F2N4O3/c1-14-23-18(4-3-11-29-23)22-19(12-20(31-24(22)27)26(28)9-10-26)32(25(14)35)13-21(34)30-17-7-5-16(6-8-17)15(2)33/h3-8,11-12,14H,9-10,13H2,1-2H3,(H,30,34). The minimum Gasteiger partial charge on any atom is -0.325 e. The summed E-state index contributed by atoms with van der Waals surface area (Å²) in [6, 6.07) is 11.0. The fourth-order valence-corrected chi connectivity index (χ4v) is 4.30. The maximum Gasteiger partial charge on any atom is 0.244 e. The molecule has 1 unspecified atom stereocenters. The summed E-state index contributed by atoms with van der Waals surface area (Å²) in [6.07, 6.45) is 1.95. The van der Waals surface area contributed by atoms with Crippen molar-refractivity contribution in [2.24, 2.45) is 0 Å². The highest BCUT2D eigenvalue weighted by Gasteiger charge is 2.48. The molecule has 1 aromatic carbocycles. The molecule has 35 heavy (non-hydrogen) atoms. The molecule has 1 aliphatic heterocycles. The first-order valence-electron chi connectivity index (χ1n) is 11.3. The molecule has 5 rings (SSSR count). The van der Waals surface area contributed by atoms with Gasteiger partial charge in [0, 0.05) is 23.0 Å². The number of halogens is 2. The van der Waals surface area contributed by atoms with Gasteiger partial charge in [-0.25, -0.2) is 9.37 Å². The lowest BCUT2D eigenvalue weighted by Gasteiger charge is -2.25. The van der Waals surface area contributed by atoms with Crippen molar-refractivity contribution in [3.05, 3.63) is 71.6 Å². The molecule has 1 saturated carbocycles. The molecule has 3 aromatic rings. The van der Waals surface area contributed by atoms with E-state index in [-0.39, 0.29) is 35.6 Å². The van der Waals surface area contributed by atoms with E-state index >= 15 is 4.39 Å². The number of fused-ring (bicyclic) bond motifs is 3. The molecule has 2 amide bonds. The largest absolute Gasteiger partial charge is 0.325 e. The first-order chi connectivity index (χ1) is 16.7. The minimum absolute atomic E-state index is 0.0115. The Hall–Kier alpha value is -4.01. The number of nitrogens with zero attached hydrogens (tertiary/aromatic N) is 3. The van der Waals surface area contributed by atoms with Crippen molar-refractivity contribution >= 4 is 29.0 Å². The Morgan fingerprint density at radius 1 is 1.20 bits per heavy atom. The third-order valence-electron chi connectivity index (χ3n) is 6.42. The van der Waals surface area contributed by atoms with E-state index in [0.29, 0.717) is 22.5 Å². The van der Waals surface area contributed by atoms with Crippen molar-refractivity contribution in [1.82, 2.24) is 9.97 Å². The lowest BCUT2D eigenvalue weighted by Crippen LogP contribution is -2.40. The summed E-state index contributed by atoms with van der Waals surface area (Å²) in [5, 5.41) is 2.69. The van der Waals surface area contributed by atoms with E-state index in [0.717, 1.165) is 0 Å². The number of hydrogen-bond acceptors (Lipinski definition) is 5. The molecule has 0 saturated heterocycles. The summed E-state index contributed by atoms with van der Waals surface area (Å²) >= 11 is 0. The van der Waals surface area contributed by atoms with Crippen LogP contribution in [-0.2, 0) is 15.3 Å². The highest BCUT2D eigenvalue weighted by molar-refractivity contribution is 6.09. The second-order valence-corrected chi connectivity index (χ2v) is 8.92. The van der Waals surface area contributed by atoms with Gasteiger partial charge in [0.05, 0.1) is 28.6 Å². The van der Waals surface area contributed by atoms with Crippen molar-refractivity contribution in [3.8, 4) is 11.1 Å². The summed E-state index contributed by atoms with van der Waals surface area (Å²) in [4.78, 5) is 47.3. The summed E-state index contributed by atoms with van der Waals surface area (Å²) in [5.74, 6) is -2.80. The van der Waals surface area contributed by atoms with Crippen molar-refractivity contribution in [2.75, 3.05) is 16.8 Å². The van der Waals surface area contributed by atoms with Crippen LogP contribution in [0.2, 0.25) is 0 Å². The number of ketones is 1. The number of alkyl halides is 1. The van der Waals surface area contributed by atoms with E-state index in [2.05, 4.69) is 15.3 Å². The number of benzene rings is 1. The van der Waals surface area contributed by atoms with Gasteiger partial charge >= 0.3 is 0 Å². The minimum atomic E-state index is -1.74. The molecule has 178 valence electrons. The Bertz CT molecular complexity index is 1370. The van der Waals surface area contributed by atoms with Gasteiger partial charge in [0.2, 0.25) is 17.8 Å². The number of aromatic nitrogens is 2. The van der Waals surface area contributed by atoms with Crippen LogP contribution >= 0.6 is 0 Å². The lowest BCUT2D eigenvalue weighted by atomic mass is 9.98. The van der Waals surface area contributed by atoms with Crippen molar-refractivity contribution in [2.45, 2.75) is 38.3 Å². The summed E-state index contributed by atoms with van der Waals surface area (Å²) in [7, 11) is 0. The number of amides is 2. The Labute approximate surface area is 200 Å². The normalized spacial score (nSPS) is 17.8. The van der Waals surface area contributed by atoms with Gasteiger partial charge < -0.3 is 10.2 Å². The number of nitrogens with one attached hydrogen (secondary N) is 1. The Kier molecular flexibility index (Phi) is 5.42. The van der Waals surface area contributed by atoms with Crippen LogP contribution in [0.1, 0.15) is 54.4 Å². The summed E-state index contributed by atoms with van der Waals surface area (Å²) < 4.78 is 30.3. The van der Waals surface area contributed by atoms with Gasteiger partial charge in [-0.2, -0.15) is 4.39 Å². The zero-order chi connectivity index (χ0) is 24.9. The molecule has 2 aromatic heterocycles. The highest BCUT2D eigenvalue weighted by Crippen LogP contribution is 2.51. The average Bonchev–Trinajstić information content (AvgIpc) is 3.60. The molecule has 1 aliphatic carbocycles. The van der Waals surface area contributed by atoms with Crippen LogP contribution in [0, 0.1) is 5.95 Å². The van der Waals surface area contributed by atoms with E-state index in [1.807, 2.05) is 0 Å². The highest BCUT2D eigenvalue weighted by atomic mass is 19.1.